The van der Waals surface area contributed by atoms with Gasteiger partial charge in [-0.2, -0.15) is 0 Å². The van der Waals surface area contributed by atoms with Gasteiger partial charge in [-0.1, -0.05) is 57.1 Å². The standard InChI is InChI=1S/C22H39NO/c1-4-7-8-9-10-11-12-13-14-15-16-17-18-19-20-21-22(24)23(5-2)6-3/h13-14H,4-9,12,15-21H2,1-3H3. The molecule has 0 radical (unpaired) electrons. The molecule has 2 nitrogen and oxygen atoms in total. The van der Waals surface area contributed by atoms with E-state index in [1.165, 1.54) is 44.9 Å². The third-order valence-corrected chi connectivity index (χ3v) is 4.29. The number of hydrogen-bond donors (Lipinski definition) is 0. The zero-order valence-corrected chi connectivity index (χ0v) is 16.4. The maximum Gasteiger partial charge on any atom is 0.222 e. The topological polar surface area (TPSA) is 20.3 Å². The van der Waals surface area contributed by atoms with Gasteiger partial charge in [-0.05, 0) is 39.5 Å². The van der Waals surface area contributed by atoms with E-state index in [1.54, 1.807) is 0 Å². The van der Waals surface area contributed by atoms with Crippen molar-refractivity contribution in [3.05, 3.63) is 12.2 Å². The van der Waals surface area contributed by atoms with Crippen LogP contribution in [0.4, 0.5) is 0 Å². The first-order chi connectivity index (χ1) is 11.8. The van der Waals surface area contributed by atoms with Gasteiger partial charge in [0.2, 0.25) is 5.91 Å². The summed E-state index contributed by atoms with van der Waals surface area (Å²) in [5.74, 6) is 6.78. The Hall–Kier alpha value is -1.23. The summed E-state index contributed by atoms with van der Waals surface area (Å²) in [6, 6.07) is 0. The van der Waals surface area contributed by atoms with E-state index < -0.39 is 0 Å². The van der Waals surface area contributed by atoms with Gasteiger partial charge in [0.1, 0.15) is 0 Å². The zero-order valence-electron chi connectivity index (χ0n) is 16.4. The van der Waals surface area contributed by atoms with E-state index >= 15 is 0 Å². The van der Waals surface area contributed by atoms with Crippen LogP contribution >= 0.6 is 0 Å². The second-order valence-electron chi connectivity index (χ2n) is 6.36. The van der Waals surface area contributed by atoms with E-state index in [1.807, 2.05) is 18.7 Å². The molecule has 0 aliphatic rings. The van der Waals surface area contributed by atoms with Crippen molar-refractivity contribution in [2.24, 2.45) is 0 Å². The molecule has 0 saturated carbocycles. The molecule has 0 atom stereocenters. The van der Waals surface area contributed by atoms with Gasteiger partial charge < -0.3 is 4.90 Å². The molecule has 2 heteroatoms. The van der Waals surface area contributed by atoms with Crippen molar-refractivity contribution in [3.63, 3.8) is 0 Å². The van der Waals surface area contributed by atoms with Crippen molar-refractivity contribution >= 4 is 5.91 Å². The molecule has 0 heterocycles. The summed E-state index contributed by atoms with van der Waals surface area (Å²) < 4.78 is 0. The normalized spacial score (nSPS) is 10.6. The van der Waals surface area contributed by atoms with Crippen LogP contribution in [-0.4, -0.2) is 23.9 Å². The van der Waals surface area contributed by atoms with Crippen LogP contribution in [0.3, 0.4) is 0 Å². The molecule has 24 heavy (non-hydrogen) atoms. The third-order valence-electron chi connectivity index (χ3n) is 4.29. The van der Waals surface area contributed by atoms with Crippen molar-refractivity contribution in [3.8, 4) is 11.8 Å². The van der Waals surface area contributed by atoms with Crippen molar-refractivity contribution in [1.82, 2.24) is 4.90 Å². The predicted molar refractivity (Wildman–Crippen MR) is 106 cm³/mol. The summed E-state index contributed by atoms with van der Waals surface area (Å²) in [5.41, 5.74) is 0. The van der Waals surface area contributed by atoms with Crippen molar-refractivity contribution in [1.29, 1.82) is 0 Å². The summed E-state index contributed by atoms with van der Waals surface area (Å²) in [7, 11) is 0. The molecule has 0 aliphatic carbocycles. The van der Waals surface area contributed by atoms with E-state index in [9.17, 15) is 4.79 Å². The summed E-state index contributed by atoms with van der Waals surface area (Å²) in [5, 5.41) is 0. The molecule has 0 spiro atoms. The van der Waals surface area contributed by atoms with Crippen LogP contribution in [0, 0.1) is 11.8 Å². The third kappa shape index (κ3) is 14.4. The lowest BCUT2D eigenvalue weighted by Crippen LogP contribution is -2.30. The Bertz CT molecular complexity index is 371. The first kappa shape index (κ1) is 22.8. The number of carbonyl (C=O) groups excluding carboxylic acids is 1. The van der Waals surface area contributed by atoms with Crippen LogP contribution in [0.2, 0.25) is 0 Å². The Balaban J connectivity index is 3.39. The van der Waals surface area contributed by atoms with E-state index in [-0.39, 0.29) is 0 Å². The first-order valence-corrected chi connectivity index (χ1v) is 10.1. The molecule has 0 aromatic heterocycles. The van der Waals surface area contributed by atoms with Gasteiger partial charge >= 0.3 is 0 Å². The minimum Gasteiger partial charge on any atom is -0.343 e. The fraction of sp³-hybridized carbons (Fsp3) is 0.773. The Morgan fingerprint density at radius 3 is 2.25 bits per heavy atom. The number of amides is 1. The molecule has 0 aliphatic heterocycles. The van der Waals surface area contributed by atoms with Crippen LogP contribution in [0.1, 0.15) is 97.8 Å². The number of unbranched alkanes of at least 4 members (excludes halogenated alkanes) is 8. The molecule has 0 aromatic rings. The molecule has 138 valence electrons. The van der Waals surface area contributed by atoms with E-state index in [2.05, 4.69) is 30.9 Å². The van der Waals surface area contributed by atoms with Gasteiger partial charge in [-0.15, -0.1) is 5.92 Å². The highest BCUT2D eigenvalue weighted by atomic mass is 16.2. The van der Waals surface area contributed by atoms with Gasteiger partial charge in [-0.3, -0.25) is 4.79 Å². The SMILES string of the molecule is CCCCCC#CCC=CCCCCCCCC(=O)N(CC)CC. The summed E-state index contributed by atoms with van der Waals surface area (Å²) in [4.78, 5) is 13.8. The van der Waals surface area contributed by atoms with E-state index in [0.717, 1.165) is 45.2 Å². The zero-order chi connectivity index (χ0) is 17.9. The van der Waals surface area contributed by atoms with E-state index in [4.69, 9.17) is 0 Å². The van der Waals surface area contributed by atoms with Gasteiger partial charge in [0.05, 0.1) is 0 Å². The molecule has 0 N–H and O–H groups in total. The fourth-order valence-electron chi connectivity index (χ4n) is 2.69. The Labute approximate surface area is 151 Å². The fourth-order valence-corrected chi connectivity index (χ4v) is 2.69. The minimum absolute atomic E-state index is 0.318. The van der Waals surface area contributed by atoms with Crippen molar-refractivity contribution < 1.29 is 4.79 Å². The van der Waals surface area contributed by atoms with Crippen LogP contribution in [0.5, 0.6) is 0 Å². The highest BCUT2D eigenvalue weighted by molar-refractivity contribution is 5.75. The van der Waals surface area contributed by atoms with Crippen LogP contribution < -0.4 is 0 Å². The Kier molecular flexibility index (Phi) is 17.2. The average Bonchev–Trinajstić information content (AvgIpc) is 2.59. The quantitative estimate of drug-likeness (QED) is 0.213. The molecular formula is C22H39NO. The first-order valence-electron chi connectivity index (χ1n) is 10.1. The van der Waals surface area contributed by atoms with Gasteiger partial charge in [0, 0.05) is 32.4 Å². The lowest BCUT2D eigenvalue weighted by molar-refractivity contribution is -0.130. The largest absolute Gasteiger partial charge is 0.343 e. The summed E-state index contributed by atoms with van der Waals surface area (Å²) >= 11 is 0. The van der Waals surface area contributed by atoms with Crippen LogP contribution in [0.15, 0.2) is 12.2 Å². The second-order valence-corrected chi connectivity index (χ2v) is 6.36. The van der Waals surface area contributed by atoms with Crippen LogP contribution in [-0.2, 0) is 4.79 Å². The Morgan fingerprint density at radius 2 is 1.54 bits per heavy atom. The molecular weight excluding hydrogens is 294 g/mol. The lowest BCUT2D eigenvalue weighted by atomic mass is 10.1. The number of rotatable bonds is 14. The molecule has 0 rings (SSSR count). The molecule has 0 unspecified atom stereocenters. The van der Waals surface area contributed by atoms with Crippen molar-refractivity contribution in [2.45, 2.75) is 97.8 Å². The summed E-state index contributed by atoms with van der Waals surface area (Å²) in [6.07, 6.45) is 18.1. The Morgan fingerprint density at radius 1 is 0.833 bits per heavy atom. The van der Waals surface area contributed by atoms with E-state index in [0.29, 0.717) is 5.91 Å². The van der Waals surface area contributed by atoms with Gasteiger partial charge in [0.25, 0.3) is 0 Å². The second kappa shape index (κ2) is 18.1. The maximum absolute atomic E-state index is 11.8. The van der Waals surface area contributed by atoms with Gasteiger partial charge in [0.15, 0.2) is 0 Å². The van der Waals surface area contributed by atoms with Crippen LogP contribution in [0.25, 0.3) is 0 Å². The number of hydrogen-bond acceptors (Lipinski definition) is 1. The number of nitrogens with zero attached hydrogens (tertiary/aromatic N) is 1. The molecule has 0 saturated heterocycles. The molecule has 0 aromatic carbocycles. The summed E-state index contributed by atoms with van der Waals surface area (Å²) in [6.45, 7) is 8.00. The maximum atomic E-state index is 11.8. The molecule has 0 bridgehead atoms. The minimum atomic E-state index is 0.318. The average molecular weight is 334 g/mol. The number of allylic oxidation sites excluding steroid dienone is 2. The molecule has 0 fully saturated rings. The van der Waals surface area contributed by atoms with Crippen molar-refractivity contribution in [2.75, 3.05) is 13.1 Å². The monoisotopic (exact) mass is 333 g/mol. The number of carbonyl (C=O) groups is 1. The molecule has 1 amide bonds. The predicted octanol–water partition coefficient (Wildman–Crippen LogP) is 6.12. The smallest absolute Gasteiger partial charge is 0.222 e. The highest BCUT2D eigenvalue weighted by Crippen LogP contribution is 2.09. The van der Waals surface area contributed by atoms with Gasteiger partial charge in [-0.25, -0.2) is 0 Å². The lowest BCUT2D eigenvalue weighted by Gasteiger charge is -2.18. The highest BCUT2D eigenvalue weighted by Gasteiger charge is 2.07.